The van der Waals surface area contributed by atoms with Crippen molar-refractivity contribution in [1.29, 1.82) is 0 Å². The van der Waals surface area contributed by atoms with E-state index < -0.39 is 0 Å². The molecule has 3 N–H and O–H groups in total. The lowest BCUT2D eigenvalue weighted by Crippen LogP contribution is -2.37. The first-order valence-electron chi connectivity index (χ1n) is 9.50. The van der Waals surface area contributed by atoms with Gasteiger partial charge in [0.2, 0.25) is 0 Å². The van der Waals surface area contributed by atoms with E-state index in [1.807, 2.05) is 24.3 Å². The average Bonchev–Trinajstić information content (AvgIpc) is 2.70. The Kier molecular flexibility index (Phi) is 11.3. The smallest absolute Gasteiger partial charge is 0.251 e. The Morgan fingerprint density at radius 2 is 1.69 bits per heavy atom. The maximum Gasteiger partial charge on any atom is 0.251 e. The summed E-state index contributed by atoms with van der Waals surface area (Å²) in [6.07, 6.45) is 0.810. The molecule has 0 aliphatic heterocycles. The highest BCUT2D eigenvalue weighted by Gasteiger charge is 2.04. The second-order valence-corrected chi connectivity index (χ2v) is 6.94. The predicted molar refractivity (Wildman–Crippen MR) is 131 cm³/mol. The number of carbonyl (C=O) groups is 1. The van der Waals surface area contributed by atoms with Crippen LogP contribution in [0.5, 0.6) is 0 Å². The number of nitrogens with one attached hydrogen (secondary N) is 3. The van der Waals surface area contributed by atoms with Crippen LogP contribution in [-0.4, -0.2) is 51.5 Å². The molecule has 2 aromatic carbocycles. The van der Waals surface area contributed by atoms with Gasteiger partial charge in [0.1, 0.15) is 0 Å². The first kappa shape index (κ1) is 24.9. The molecular weight excluding hydrogens is 477 g/mol. The summed E-state index contributed by atoms with van der Waals surface area (Å²) in [5, 5.41) is 9.31. The first-order chi connectivity index (χ1) is 13.5. The molecule has 0 aliphatic rings. The highest BCUT2D eigenvalue weighted by molar-refractivity contribution is 14.0. The molecule has 2 aromatic rings. The van der Waals surface area contributed by atoms with Crippen molar-refractivity contribution < 1.29 is 4.79 Å². The monoisotopic (exact) mass is 509 g/mol. The van der Waals surface area contributed by atoms with Crippen molar-refractivity contribution >= 4 is 35.8 Å². The lowest BCUT2D eigenvalue weighted by molar-refractivity contribution is 0.0963. The molecule has 0 aliphatic carbocycles. The van der Waals surface area contributed by atoms with E-state index in [-0.39, 0.29) is 29.9 Å². The van der Waals surface area contributed by atoms with Crippen LogP contribution < -0.4 is 16.0 Å². The molecule has 0 heterocycles. The van der Waals surface area contributed by atoms with E-state index in [0.717, 1.165) is 31.0 Å². The molecule has 0 aromatic heterocycles. The molecular formula is C22H32IN5O. The number of nitrogens with zero attached hydrogens (tertiary/aromatic N) is 2. The van der Waals surface area contributed by atoms with Crippen LogP contribution >= 0.6 is 24.0 Å². The molecule has 7 heteroatoms. The number of rotatable bonds is 8. The van der Waals surface area contributed by atoms with Crippen LogP contribution in [0.15, 0.2) is 53.5 Å². The van der Waals surface area contributed by atoms with Gasteiger partial charge >= 0.3 is 0 Å². The van der Waals surface area contributed by atoms with Gasteiger partial charge in [-0.15, -0.1) is 24.0 Å². The zero-order valence-corrected chi connectivity index (χ0v) is 20.0. The summed E-state index contributed by atoms with van der Waals surface area (Å²) < 4.78 is 0. The van der Waals surface area contributed by atoms with Crippen molar-refractivity contribution in [3.63, 3.8) is 0 Å². The number of guanidine groups is 1. The zero-order valence-electron chi connectivity index (χ0n) is 17.7. The number of amides is 1. The fraction of sp³-hybridized carbons (Fsp3) is 0.364. The molecule has 0 unspecified atom stereocenters. The highest BCUT2D eigenvalue weighted by atomic mass is 127. The Hall–Kier alpha value is -2.13. The molecule has 0 saturated heterocycles. The van der Waals surface area contributed by atoms with E-state index in [9.17, 15) is 4.79 Å². The summed E-state index contributed by atoms with van der Waals surface area (Å²) in [5.41, 5.74) is 4.31. The number of carbonyl (C=O) groups excluding carboxylic acids is 1. The Morgan fingerprint density at radius 3 is 2.31 bits per heavy atom. The van der Waals surface area contributed by atoms with Crippen molar-refractivity contribution in [2.75, 3.05) is 34.7 Å². The molecule has 0 saturated carbocycles. The van der Waals surface area contributed by atoms with Crippen LogP contribution in [0.3, 0.4) is 0 Å². The molecule has 158 valence electrons. The molecule has 1 amide bonds. The van der Waals surface area contributed by atoms with E-state index in [4.69, 9.17) is 0 Å². The molecule has 0 radical (unpaired) electrons. The fourth-order valence-electron chi connectivity index (χ4n) is 2.87. The molecule has 0 atom stereocenters. The van der Waals surface area contributed by atoms with Crippen LogP contribution in [0.2, 0.25) is 0 Å². The van der Waals surface area contributed by atoms with Gasteiger partial charge in [0, 0.05) is 39.3 Å². The molecule has 6 nitrogen and oxygen atoms in total. The third kappa shape index (κ3) is 8.82. The third-order valence-corrected chi connectivity index (χ3v) is 4.33. The minimum Gasteiger partial charge on any atom is -0.356 e. The summed E-state index contributed by atoms with van der Waals surface area (Å²) >= 11 is 0. The maximum absolute atomic E-state index is 11.7. The highest BCUT2D eigenvalue weighted by Crippen LogP contribution is 2.07. The molecule has 0 spiro atoms. The molecule has 0 fully saturated rings. The van der Waals surface area contributed by atoms with Gasteiger partial charge in [-0.2, -0.15) is 0 Å². The van der Waals surface area contributed by atoms with Crippen molar-refractivity contribution in [3.05, 3.63) is 70.8 Å². The van der Waals surface area contributed by atoms with Crippen molar-refractivity contribution in [2.45, 2.75) is 19.5 Å². The zero-order chi connectivity index (χ0) is 20.4. The quantitative estimate of drug-likeness (QED) is 0.291. The SMILES string of the molecule is CN=C(NCCc1cccc(C(=O)NC)c1)NCc1ccc(CN(C)C)cc1.I. The topological polar surface area (TPSA) is 68.8 Å². The number of hydrogen-bond donors (Lipinski definition) is 3. The Labute approximate surface area is 191 Å². The van der Waals surface area contributed by atoms with Crippen molar-refractivity contribution in [1.82, 2.24) is 20.9 Å². The largest absolute Gasteiger partial charge is 0.356 e. The van der Waals surface area contributed by atoms with Crippen LogP contribution in [0.25, 0.3) is 0 Å². The maximum atomic E-state index is 11.7. The Morgan fingerprint density at radius 1 is 1.00 bits per heavy atom. The minimum atomic E-state index is -0.0658. The summed E-state index contributed by atoms with van der Waals surface area (Å²) in [6, 6.07) is 16.3. The van der Waals surface area contributed by atoms with Gasteiger partial charge in [0.25, 0.3) is 5.91 Å². The van der Waals surface area contributed by atoms with Crippen LogP contribution in [0.1, 0.15) is 27.0 Å². The van der Waals surface area contributed by atoms with E-state index in [1.165, 1.54) is 11.1 Å². The standard InChI is InChI=1S/C22H31N5O.HI/c1-23-21(28)20-7-5-6-17(14-20)12-13-25-22(24-2)26-15-18-8-10-19(11-9-18)16-27(3)4;/h5-11,14H,12-13,15-16H2,1-4H3,(H,23,28)(H2,24,25,26);1H. The van der Waals surface area contributed by atoms with Gasteiger partial charge in [0.15, 0.2) is 5.96 Å². The normalized spacial score (nSPS) is 11.0. The van der Waals surface area contributed by atoms with Crippen LogP contribution in [0.4, 0.5) is 0 Å². The van der Waals surface area contributed by atoms with Gasteiger partial charge in [-0.05, 0) is 49.3 Å². The number of benzene rings is 2. The average molecular weight is 509 g/mol. The summed E-state index contributed by atoms with van der Waals surface area (Å²) in [7, 11) is 7.55. The van der Waals surface area contributed by atoms with Crippen molar-refractivity contribution in [3.8, 4) is 0 Å². The van der Waals surface area contributed by atoms with Gasteiger partial charge in [-0.1, -0.05) is 36.4 Å². The van der Waals surface area contributed by atoms with E-state index in [1.54, 1.807) is 14.1 Å². The van der Waals surface area contributed by atoms with E-state index in [2.05, 4.69) is 64.2 Å². The van der Waals surface area contributed by atoms with E-state index >= 15 is 0 Å². The third-order valence-electron chi connectivity index (χ3n) is 4.33. The summed E-state index contributed by atoms with van der Waals surface area (Å²) in [5.74, 6) is 0.698. The van der Waals surface area contributed by atoms with Crippen molar-refractivity contribution in [2.24, 2.45) is 4.99 Å². The Bertz CT molecular complexity index is 790. The number of hydrogen-bond acceptors (Lipinski definition) is 3. The summed E-state index contributed by atoms with van der Waals surface area (Å²) in [6.45, 7) is 2.39. The number of halogens is 1. The van der Waals surface area contributed by atoms with Crippen LogP contribution in [0, 0.1) is 0 Å². The lowest BCUT2D eigenvalue weighted by atomic mass is 10.1. The molecule has 0 bridgehead atoms. The van der Waals surface area contributed by atoms with Gasteiger partial charge < -0.3 is 20.9 Å². The molecule has 29 heavy (non-hydrogen) atoms. The second-order valence-electron chi connectivity index (χ2n) is 6.94. The summed E-state index contributed by atoms with van der Waals surface area (Å²) in [4.78, 5) is 18.2. The Balaban J connectivity index is 0.00000420. The van der Waals surface area contributed by atoms with Crippen LogP contribution in [-0.2, 0) is 19.5 Å². The first-order valence-corrected chi connectivity index (χ1v) is 9.50. The van der Waals surface area contributed by atoms with Gasteiger partial charge in [-0.25, -0.2) is 0 Å². The fourth-order valence-corrected chi connectivity index (χ4v) is 2.87. The second kappa shape index (κ2) is 13.2. The van der Waals surface area contributed by atoms with Gasteiger partial charge in [0.05, 0.1) is 0 Å². The van der Waals surface area contributed by atoms with E-state index in [0.29, 0.717) is 12.1 Å². The predicted octanol–water partition coefficient (Wildman–Crippen LogP) is 2.63. The number of aliphatic imine (C=N–C) groups is 1. The van der Waals surface area contributed by atoms with Gasteiger partial charge in [-0.3, -0.25) is 9.79 Å². The lowest BCUT2D eigenvalue weighted by Gasteiger charge is -2.13. The minimum absolute atomic E-state index is 0. The molecule has 2 rings (SSSR count).